The van der Waals surface area contributed by atoms with E-state index in [-0.39, 0.29) is 5.91 Å². The number of anilines is 2. The van der Waals surface area contributed by atoms with Crippen LogP contribution in [0.4, 0.5) is 11.4 Å². The van der Waals surface area contributed by atoms with E-state index in [1.54, 1.807) is 17.3 Å². The zero-order chi connectivity index (χ0) is 18.4. The van der Waals surface area contributed by atoms with Crippen molar-refractivity contribution in [1.82, 2.24) is 4.98 Å². The minimum Gasteiger partial charge on any atom is -0.380 e. The maximum Gasteiger partial charge on any atom is 0.259 e. The van der Waals surface area contributed by atoms with E-state index in [0.29, 0.717) is 23.7 Å². The Balaban J connectivity index is 1.73. The second kappa shape index (κ2) is 8.50. The van der Waals surface area contributed by atoms with Crippen molar-refractivity contribution >= 4 is 28.9 Å². The van der Waals surface area contributed by atoms with E-state index >= 15 is 0 Å². The number of hydrogen-bond acceptors (Lipinski definition) is 3. The molecular weight excluding hydrogens is 346 g/mol. The largest absolute Gasteiger partial charge is 0.380 e. The highest BCUT2D eigenvalue weighted by atomic mass is 35.5. The summed E-state index contributed by atoms with van der Waals surface area (Å²) in [5, 5.41) is 4.01. The second-order valence-corrected chi connectivity index (χ2v) is 6.26. The number of benzene rings is 2. The van der Waals surface area contributed by atoms with Crippen LogP contribution in [0, 0.1) is 0 Å². The van der Waals surface area contributed by atoms with Crippen molar-refractivity contribution in [3.05, 3.63) is 89.2 Å². The molecule has 3 aromatic rings. The first kappa shape index (κ1) is 18.0. The maximum absolute atomic E-state index is 12.9. The molecule has 0 saturated heterocycles. The van der Waals surface area contributed by atoms with Gasteiger partial charge in [0.2, 0.25) is 0 Å². The molecule has 0 atom stereocenters. The number of hydrogen-bond donors (Lipinski definition) is 1. The van der Waals surface area contributed by atoms with Gasteiger partial charge in [-0.25, -0.2) is 0 Å². The summed E-state index contributed by atoms with van der Waals surface area (Å²) in [4.78, 5) is 18.8. The van der Waals surface area contributed by atoms with Gasteiger partial charge in [0.1, 0.15) is 0 Å². The lowest BCUT2D eigenvalue weighted by Gasteiger charge is -2.21. The number of rotatable bonds is 6. The topological polar surface area (TPSA) is 45.2 Å². The summed E-state index contributed by atoms with van der Waals surface area (Å²) in [6, 6.07) is 19.1. The molecule has 0 unspecified atom stereocenters. The molecule has 0 radical (unpaired) electrons. The van der Waals surface area contributed by atoms with Gasteiger partial charge in [-0.15, -0.1) is 0 Å². The number of carbonyl (C=O) groups excluding carboxylic acids is 1. The first-order chi connectivity index (χ1) is 12.7. The standard InChI is InChI=1S/C21H20ClN3O/c1-2-25(20-6-4-3-5-7-20)21(26)17-12-19(15-23-14-17)24-13-16-8-10-18(22)11-9-16/h3-12,14-15,24H,2,13H2,1H3. The first-order valence-electron chi connectivity index (χ1n) is 8.47. The van der Waals surface area contributed by atoms with Crippen molar-refractivity contribution in [3.8, 4) is 0 Å². The Morgan fingerprint density at radius 2 is 1.81 bits per heavy atom. The molecule has 5 heteroatoms. The van der Waals surface area contributed by atoms with Crippen molar-refractivity contribution < 1.29 is 4.79 Å². The summed E-state index contributed by atoms with van der Waals surface area (Å²) in [5.41, 5.74) is 3.33. The molecule has 1 aromatic heterocycles. The minimum absolute atomic E-state index is 0.0682. The van der Waals surface area contributed by atoms with E-state index in [2.05, 4.69) is 10.3 Å². The molecule has 26 heavy (non-hydrogen) atoms. The Labute approximate surface area is 158 Å². The molecule has 2 aromatic carbocycles. The Morgan fingerprint density at radius 1 is 1.08 bits per heavy atom. The fourth-order valence-electron chi connectivity index (χ4n) is 2.67. The Bertz CT molecular complexity index is 866. The quantitative estimate of drug-likeness (QED) is 0.667. The van der Waals surface area contributed by atoms with E-state index in [4.69, 9.17) is 11.6 Å². The first-order valence-corrected chi connectivity index (χ1v) is 8.85. The molecule has 0 spiro atoms. The van der Waals surface area contributed by atoms with Gasteiger partial charge in [-0.05, 0) is 42.8 Å². The maximum atomic E-state index is 12.9. The predicted octanol–water partition coefficient (Wildman–Crippen LogP) is 5.01. The van der Waals surface area contributed by atoms with Crippen LogP contribution >= 0.6 is 11.6 Å². The van der Waals surface area contributed by atoms with Crippen LogP contribution in [0.1, 0.15) is 22.8 Å². The molecule has 0 aliphatic rings. The van der Waals surface area contributed by atoms with Crippen LogP contribution in [-0.2, 0) is 6.54 Å². The summed E-state index contributed by atoms with van der Waals surface area (Å²) >= 11 is 5.91. The fraction of sp³-hybridized carbons (Fsp3) is 0.143. The number of pyridine rings is 1. The zero-order valence-electron chi connectivity index (χ0n) is 14.5. The van der Waals surface area contributed by atoms with Crippen LogP contribution in [-0.4, -0.2) is 17.4 Å². The van der Waals surface area contributed by atoms with Crippen molar-refractivity contribution in [2.45, 2.75) is 13.5 Å². The molecule has 0 aliphatic carbocycles. The zero-order valence-corrected chi connectivity index (χ0v) is 15.3. The molecular formula is C21H20ClN3O. The van der Waals surface area contributed by atoms with Gasteiger partial charge in [0.05, 0.1) is 11.3 Å². The second-order valence-electron chi connectivity index (χ2n) is 5.83. The lowest BCUT2D eigenvalue weighted by molar-refractivity contribution is 0.0988. The lowest BCUT2D eigenvalue weighted by atomic mass is 10.2. The average Bonchev–Trinajstić information content (AvgIpc) is 2.69. The van der Waals surface area contributed by atoms with Crippen LogP contribution in [0.5, 0.6) is 0 Å². The van der Waals surface area contributed by atoms with Gasteiger partial charge in [0, 0.05) is 36.2 Å². The summed E-state index contributed by atoms with van der Waals surface area (Å²) in [6.07, 6.45) is 3.31. The molecule has 0 fully saturated rings. The molecule has 4 nitrogen and oxygen atoms in total. The van der Waals surface area contributed by atoms with Crippen LogP contribution in [0.25, 0.3) is 0 Å². The number of halogens is 1. The molecule has 3 rings (SSSR count). The van der Waals surface area contributed by atoms with Gasteiger partial charge in [-0.1, -0.05) is 41.9 Å². The number of aromatic nitrogens is 1. The number of para-hydroxylation sites is 1. The third-order valence-corrected chi connectivity index (χ3v) is 4.28. The normalized spacial score (nSPS) is 10.4. The van der Waals surface area contributed by atoms with Gasteiger partial charge in [0.15, 0.2) is 0 Å². The van der Waals surface area contributed by atoms with Gasteiger partial charge < -0.3 is 10.2 Å². The van der Waals surface area contributed by atoms with Crippen LogP contribution < -0.4 is 10.2 Å². The number of carbonyl (C=O) groups is 1. The highest BCUT2D eigenvalue weighted by Crippen LogP contribution is 2.18. The average molecular weight is 366 g/mol. The Morgan fingerprint density at radius 3 is 2.50 bits per heavy atom. The van der Waals surface area contributed by atoms with Crippen molar-refractivity contribution in [1.29, 1.82) is 0 Å². The van der Waals surface area contributed by atoms with E-state index in [1.165, 1.54) is 0 Å². The number of amides is 1. The van der Waals surface area contributed by atoms with Gasteiger partial charge >= 0.3 is 0 Å². The summed E-state index contributed by atoms with van der Waals surface area (Å²) < 4.78 is 0. The molecule has 1 heterocycles. The SMILES string of the molecule is CCN(C(=O)c1cncc(NCc2ccc(Cl)cc2)c1)c1ccccc1. The number of nitrogens with zero attached hydrogens (tertiary/aromatic N) is 2. The number of nitrogens with one attached hydrogen (secondary N) is 1. The molecule has 0 bridgehead atoms. The van der Waals surface area contributed by atoms with E-state index < -0.39 is 0 Å². The molecule has 1 amide bonds. The molecule has 0 aliphatic heterocycles. The fourth-order valence-corrected chi connectivity index (χ4v) is 2.79. The summed E-state index contributed by atoms with van der Waals surface area (Å²) in [7, 11) is 0. The van der Waals surface area contributed by atoms with Crippen LogP contribution in [0.2, 0.25) is 5.02 Å². The lowest BCUT2D eigenvalue weighted by Crippen LogP contribution is -2.30. The molecule has 0 saturated carbocycles. The van der Waals surface area contributed by atoms with Crippen LogP contribution in [0.3, 0.4) is 0 Å². The minimum atomic E-state index is -0.0682. The Kier molecular flexibility index (Phi) is 5.87. The highest BCUT2D eigenvalue weighted by molar-refractivity contribution is 6.30. The van der Waals surface area contributed by atoms with Gasteiger partial charge in [0.25, 0.3) is 5.91 Å². The van der Waals surface area contributed by atoms with E-state index in [9.17, 15) is 4.79 Å². The Hall–Kier alpha value is -2.85. The van der Waals surface area contributed by atoms with E-state index in [1.807, 2.05) is 67.6 Å². The van der Waals surface area contributed by atoms with Crippen molar-refractivity contribution in [3.63, 3.8) is 0 Å². The monoisotopic (exact) mass is 365 g/mol. The van der Waals surface area contributed by atoms with Gasteiger partial charge in [-0.3, -0.25) is 9.78 Å². The summed E-state index contributed by atoms with van der Waals surface area (Å²) in [5.74, 6) is -0.0682. The van der Waals surface area contributed by atoms with Gasteiger partial charge in [-0.2, -0.15) is 0 Å². The molecule has 1 N–H and O–H groups in total. The van der Waals surface area contributed by atoms with E-state index in [0.717, 1.165) is 16.9 Å². The van der Waals surface area contributed by atoms with Crippen LogP contribution in [0.15, 0.2) is 73.1 Å². The highest BCUT2D eigenvalue weighted by Gasteiger charge is 2.16. The molecule has 132 valence electrons. The third kappa shape index (κ3) is 4.41. The smallest absolute Gasteiger partial charge is 0.259 e. The third-order valence-electron chi connectivity index (χ3n) is 4.02. The summed E-state index contributed by atoms with van der Waals surface area (Å²) in [6.45, 7) is 3.18. The van der Waals surface area contributed by atoms with Crippen molar-refractivity contribution in [2.24, 2.45) is 0 Å². The predicted molar refractivity (Wildman–Crippen MR) is 107 cm³/mol. The van der Waals surface area contributed by atoms with Crippen molar-refractivity contribution in [2.75, 3.05) is 16.8 Å².